The maximum atomic E-state index is 13.5. The molecule has 8 aromatic rings. The lowest BCUT2D eigenvalue weighted by molar-refractivity contribution is -0.141. The quantitative estimate of drug-likeness (QED) is 0.0919. The zero-order valence-electron chi connectivity index (χ0n) is 72.9. The van der Waals surface area contributed by atoms with Crippen molar-refractivity contribution in [2.45, 2.75) is 129 Å². The van der Waals surface area contributed by atoms with E-state index in [9.17, 15) is 57.5 Å². The number of piperidine rings is 4. The highest BCUT2D eigenvalue weighted by Crippen LogP contribution is 2.32. The molecule has 4 atom stereocenters. The molecule has 28 nitrogen and oxygen atoms in total. The van der Waals surface area contributed by atoms with Crippen molar-refractivity contribution in [2.75, 3.05) is 22.9 Å². The molecule has 0 aliphatic carbocycles. The van der Waals surface area contributed by atoms with Gasteiger partial charge in [0.1, 0.15) is 45.5 Å². The van der Waals surface area contributed by atoms with E-state index in [1.807, 2.05) is 5.32 Å². The molecule has 12 N–H and O–H groups in total. The van der Waals surface area contributed by atoms with Gasteiger partial charge in [-0.05, 0) is 129 Å². The van der Waals surface area contributed by atoms with Crippen LogP contribution in [0.1, 0.15) is 139 Å². The Balaban J connectivity index is 0.000000176. The van der Waals surface area contributed by atoms with Gasteiger partial charge in [0.15, 0.2) is 0 Å². The number of aryl methyl sites for hydroxylation is 4. The molecule has 456 valence electrons. The van der Waals surface area contributed by atoms with Gasteiger partial charge in [-0.1, -0.05) is 24.2 Å². The van der Waals surface area contributed by atoms with Crippen molar-refractivity contribution >= 4 is 114 Å². The fourth-order valence-corrected chi connectivity index (χ4v) is 9.96. The third kappa shape index (κ3) is 10.6. The summed E-state index contributed by atoms with van der Waals surface area (Å²) in [5.41, 5.74) is 6.88. The van der Waals surface area contributed by atoms with E-state index >= 15 is 0 Å². The standard InChI is InChI=1S/4C15H16N4O3/c4*1-8-17-10-5-3-4-9(16)12(10)13(21)19(8)15(2)7-6-11(20)18-14(15)22/h4*3-5H,6-7,16H2,1-2H3,(H,18,20,22)/t2*15-;;/m10../s1/i2*1D3,3D,4D,5D;1D3,2D3,3D,4D,5D;1D3,3D,4D,5D. The molecule has 0 spiro atoms. The van der Waals surface area contributed by atoms with Crippen molar-refractivity contribution in [1.29, 1.82) is 0 Å². The molecule has 4 saturated heterocycles. The number of fused-ring (bicyclic) bond motifs is 4. The van der Waals surface area contributed by atoms with Crippen LogP contribution in [0.4, 0.5) is 22.7 Å². The SMILES string of the molecule is [2H]c1c([2H])c(N)c2c(=O)n(C3(C([2H])([2H])[2H])CCC(=O)NC3=O)c(C([2H])([2H])[2H])nc2c1[2H].[2H]c1c([2H])c(N)c2c(=O)n(C3(C)CCC(=O)NC3=O)c(C([2H])([2H])[2H])nc2c1[2H].[2H]c1c([2H])c(N)c2c(=O)n([C@@]3(C)CCC(=O)NC3=O)c(C([2H])([2H])[2H])nc2c1[2H].[2H]c1c([2H])c(N)c2c(=O)n([C@]3(C)CCC(=O)NC3=O)c(C([2H])([2H])[2H])nc2c1[2H]. The summed E-state index contributed by atoms with van der Waals surface area (Å²) >= 11 is 0. The number of nitrogens with zero attached hydrogens (tertiary/aromatic N) is 8. The van der Waals surface area contributed by atoms with Gasteiger partial charge in [-0.2, -0.15) is 0 Å². The largest absolute Gasteiger partial charge is 0.398 e. The summed E-state index contributed by atoms with van der Waals surface area (Å²) in [5, 5.41) is 6.19. The number of carbonyl (C=O) groups excluding carboxylic acids is 8. The Kier molecular flexibility index (Phi) is 9.26. The number of imide groups is 4. The number of anilines is 4. The molecule has 0 bridgehead atoms. The van der Waals surface area contributed by atoms with E-state index in [-0.39, 0.29) is 43.1 Å². The van der Waals surface area contributed by atoms with Crippen molar-refractivity contribution in [3.63, 3.8) is 0 Å². The smallest absolute Gasteiger partial charge is 0.264 e. The first-order valence-electron chi connectivity index (χ1n) is 39.2. The molecule has 4 aromatic carbocycles. The molecule has 88 heavy (non-hydrogen) atoms. The number of rotatable bonds is 4. The highest BCUT2D eigenvalue weighted by atomic mass is 16.2. The summed E-state index contributed by atoms with van der Waals surface area (Å²) in [7, 11) is 0. The van der Waals surface area contributed by atoms with Gasteiger partial charge in [-0.15, -0.1) is 0 Å². The lowest BCUT2D eigenvalue weighted by Gasteiger charge is -2.34. The van der Waals surface area contributed by atoms with Gasteiger partial charge >= 0.3 is 0 Å². The summed E-state index contributed by atoms with van der Waals surface area (Å²) in [4.78, 5) is 165. The minimum atomic E-state index is -3.30. The van der Waals surface area contributed by atoms with Crippen LogP contribution in [-0.4, -0.2) is 85.5 Å². The summed E-state index contributed by atoms with van der Waals surface area (Å²) in [6.07, 6.45) is -2.03. The monoisotopic (exact) mass is 1230 g/mol. The number of aromatic nitrogens is 8. The van der Waals surface area contributed by atoms with Gasteiger partial charge in [0.05, 0.1) is 60.1 Å². The number of nitrogen functional groups attached to an aromatic ring is 4. The van der Waals surface area contributed by atoms with E-state index in [1.165, 1.54) is 20.8 Å². The first kappa shape index (κ1) is 35.6. The average molecular weight is 1230 g/mol. The van der Waals surface area contributed by atoms with Gasteiger partial charge in [-0.25, -0.2) is 19.9 Å². The number of carbonyl (C=O) groups is 8. The minimum Gasteiger partial charge on any atom is -0.398 e. The van der Waals surface area contributed by atoms with Crippen molar-refractivity contribution in [2.24, 2.45) is 0 Å². The van der Waals surface area contributed by atoms with E-state index in [0.29, 0.717) is 13.7 Å². The minimum absolute atomic E-state index is 0.123. The molecule has 28 heteroatoms. The number of hydrogen-bond donors (Lipinski definition) is 8. The van der Waals surface area contributed by atoms with Crippen molar-refractivity contribution in [3.8, 4) is 0 Å². The van der Waals surface area contributed by atoms with Crippen LogP contribution in [-0.2, 0) is 60.5 Å². The first-order valence-corrected chi connectivity index (χ1v) is 25.7. The topological polar surface area (TPSA) is 428 Å². The molecule has 0 radical (unpaired) electrons. The Morgan fingerprint density at radius 2 is 0.591 bits per heavy atom. The first-order chi connectivity index (χ1) is 52.5. The predicted molar refractivity (Wildman–Crippen MR) is 325 cm³/mol. The summed E-state index contributed by atoms with van der Waals surface area (Å²) in [6, 6.07) is -7.53. The maximum absolute atomic E-state index is 13.5. The van der Waals surface area contributed by atoms with E-state index < -0.39 is 301 Å². The van der Waals surface area contributed by atoms with E-state index in [4.69, 9.17) is 59.9 Å². The second kappa shape index (κ2) is 22.9. The zero-order chi connectivity index (χ0) is 87.2. The molecule has 8 heterocycles. The number of amides is 8. The van der Waals surface area contributed by atoms with Gasteiger partial charge in [-0.3, -0.25) is 97.1 Å². The van der Waals surface area contributed by atoms with Crippen LogP contribution in [0.5, 0.6) is 0 Å². The molecule has 0 saturated carbocycles. The Labute approximate surface area is 537 Å². The molecule has 8 amide bonds. The lowest BCUT2D eigenvalue weighted by atomic mass is 9.90. The summed E-state index contributed by atoms with van der Waals surface area (Å²) in [5.74, 6) is -9.89. The maximum Gasteiger partial charge on any atom is 0.264 e. The molecule has 2 unspecified atom stereocenters. The summed E-state index contributed by atoms with van der Waals surface area (Å²) < 4.78 is 213. The van der Waals surface area contributed by atoms with Crippen LogP contribution in [0, 0.1) is 27.4 Å². The number of nitrogens with one attached hydrogen (secondary N) is 4. The number of benzene rings is 4. The summed E-state index contributed by atoms with van der Waals surface area (Å²) in [6.45, 7) is -11.4. The molecule has 4 aromatic heterocycles. The van der Waals surface area contributed by atoms with E-state index in [2.05, 4.69) is 35.9 Å². The highest BCUT2D eigenvalue weighted by Gasteiger charge is 2.46. The average Bonchev–Trinajstić information content (AvgIpc) is 0.711. The Morgan fingerprint density at radius 1 is 0.375 bits per heavy atom. The van der Waals surface area contributed by atoms with Gasteiger partial charge < -0.3 is 22.9 Å². The number of nitrogens with two attached hydrogens (primary N) is 4. The number of hydrogen-bond acceptors (Lipinski definition) is 20. The lowest BCUT2D eigenvalue weighted by Crippen LogP contribution is -2.56. The van der Waals surface area contributed by atoms with Crippen molar-refractivity contribution in [1.82, 2.24) is 59.5 Å². The Morgan fingerprint density at radius 3 is 0.795 bits per heavy atom. The third-order valence-corrected chi connectivity index (χ3v) is 14.9. The zero-order valence-corrected chi connectivity index (χ0v) is 45.9. The molecule has 4 fully saturated rings. The fourth-order valence-electron chi connectivity index (χ4n) is 9.96. The Bertz CT molecular complexity index is 5540. The second-order valence-corrected chi connectivity index (χ2v) is 20.5. The van der Waals surface area contributed by atoms with Gasteiger partial charge in [0, 0.05) is 69.0 Å². The highest BCUT2D eigenvalue weighted by molar-refractivity contribution is 6.04. The molecule has 4 aliphatic heterocycles. The molecule has 12 rings (SSSR count). The van der Waals surface area contributed by atoms with Gasteiger partial charge in [0.2, 0.25) is 23.6 Å². The second-order valence-electron chi connectivity index (χ2n) is 20.5. The van der Waals surface area contributed by atoms with Crippen LogP contribution >= 0.6 is 0 Å². The van der Waals surface area contributed by atoms with E-state index in [1.54, 1.807) is 0 Å². The normalized spacial score (nSPS) is 27.1. The van der Waals surface area contributed by atoms with Crippen LogP contribution in [0.25, 0.3) is 43.6 Å². The molecule has 4 aliphatic rings. The fraction of sp³-hybridized carbons (Fsp3) is 0.333. The Hall–Kier alpha value is -10.8. The van der Waals surface area contributed by atoms with Crippen LogP contribution in [0.3, 0.4) is 0 Å². The predicted octanol–water partition coefficient (Wildman–Crippen LogP) is 1.76. The van der Waals surface area contributed by atoms with E-state index in [0.717, 1.165) is 0 Å². The van der Waals surface area contributed by atoms with Gasteiger partial charge in [0.25, 0.3) is 45.9 Å². The molecular formula is C60H64N16O12. The van der Waals surface area contributed by atoms with Crippen LogP contribution in [0.2, 0.25) is 0 Å². The van der Waals surface area contributed by atoms with Crippen LogP contribution < -0.4 is 66.4 Å². The van der Waals surface area contributed by atoms with Crippen molar-refractivity contribution < 1.29 is 75.4 Å². The van der Waals surface area contributed by atoms with Crippen molar-refractivity contribution in [3.05, 3.63) is 137 Å². The molecular weight excluding hydrogens is 1140 g/mol. The third-order valence-electron chi connectivity index (χ3n) is 14.9. The van der Waals surface area contributed by atoms with Crippen LogP contribution in [0.15, 0.2) is 91.7 Å².